The lowest BCUT2D eigenvalue weighted by molar-refractivity contribution is 0.276. The van der Waals surface area contributed by atoms with E-state index in [0.29, 0.717) is 0 Å². The zero-order valence-electron chi connectivity index (χ0n) is 11.9. The Balaban J connectivity index is 2.12. The molecule has 0 spiro atoms. The average molecular weight is 295 g/mol. The Hall–Kier alpha value is -1.97. The number of nitrogens with zero attached hydrogens (tertiary/aromatic N) is 1. The van der Waals surface area contributed by atoms with Gasteiger partial charge in [0.2, 0.25) is 0 Å². The number of aliphatic hydroxyl groups is 1. The van der Waals surface area contributed by atoms with Crippen LogP contribution in [-0.4, -0.2) is 10.1 Å². The van der Waals surface area contributed by atoms with Crippen LogP contribution in [0.5, 0.6) is 0 Å². The molecule has 2 nitrogen and oxygen atoms in total. The van der Waals surface area contributed by atoms with Gasteiger partial charge in [0.25, 0.3) is 0 Å². The van der Waals surface area contributed by atoms with Gasteiger partial charge in [0.15, 0.2) is 0 Å². The molecule has 0 aliphatic rings. The minimum absolute atomic E-state index is 0.00136. The van der Waals surface area contributed by atoms with Gasteiger partial charge < -0.3 is 5.11 Å². The Morgan fingerprint density at radius 3 is 1.90 bits per heavy atom. The predicted octanol–water partition coefficient (Wildman–Crippen LogP) is 4.12. The van der Waals surface area contributed by atoms with Gasteiger partial charge in [0.1, 0.15) is 5.01 Å². The Kier molecular flexibility index (Phi) is 4.13. The highest BCUT2D eigenvalue weighted by molar-refractivity contribution is 7.11. The van der Waals surface area contributed by atoms with Gasteiger partial charge >= 0.3 is 0 Å². The molecule has 0 unspecified atom stereocenters. The molecule has 106 valence electrons. The van der Waals surface area contributed by atoms with Crippen molar-refractivity contribution in [2.45, 2.75) is 19.4 Å². The van der Waals surface area contributed by atoms with Gasteiger partial charge in [-0.3, -0.25) is 0 Å². The van der Waals surface area contributed by atoms with Crippen molar-refractivity contribution in [3.63, 3.8) is 0 Å². The van der Waals surface area contributed by atoms with Crippen LogP contribution in [0.4, 0.5) is 0 Å². The molecule has 0 aliphatic carbocycles. The van der Waals surface area contributed by atoms with Crippen molar-refractivity contribution in [1.82, 2.24) is 4.98 Å². The third kappa shape index (κ3) is 2.89. The summed E-state index contributed by atoms with van der Waals surface area (Å²) in [5.41, 5.74) is 3.23. The molecule has 2 aromatic carbocycles. The average Bonchev–Trinajstić information content (AvgIpc) is 2.90. The first-order chi connectivity index (χ1) is 10.3. The van der Waals surface area contributed by atoms with Crippen molar-refractivity contribution in [3.05, 3.63) is 87.4 Å². The van der Waals surface area contributed by atoms with E-state index in [1.54, 1.807) is 11.3 Å². The van der Waals surface area contributed by atoms with Crippen LogP contribution in [-0.2, 0) is 6.61 Å². The van der Waals surface area contributed by atoms with Gasteiger partial charge in [0.05, 0.1) is 18.2 Å². The second-order valence-electron chi connectivity index (χ2n) is 4.97. The highest BCUT2D eigenvalue weighted by Gasteiger charge is 2.21. The third-order valence-corrected chi connectivity index (χ3v) is 4.65. The van der Waals surface area contributed by atoms with E-state index in [9.17, 15) is 5.11 Å². The van der Waals surface area contributed by atoms with Crippen LogP contribution in [0.25, 0.3) is 0 Å². The third-order valence-electron chi connectivity index (χ3n) is 3.57. The topological polar surface area (TPSA) is 33.1 Å². The van der Waals surface area contributed by atoms with E-state index >= 15 is 0 Å². The Bertz CT molecular complexity index is 667. The molecule has 3 heteroatoms. The molecule has 0 atom stereocenters. The molecule has 3 rings (SSSR count). The summed E-state index contributed by atoms with van der Waals surface area (Å²) in [6, 6.07) is 20.8. The van der Waals surface area contributed by atoms with Crippen molar-refractivity contribution < 1.29 is 5.11 Å². The van der Waals surface area contributed by atoms with Gasteiger partial charge in [-0.05, 0) is 18.1 Å². The molecule has 1 N–H and O–H groups in total. The van der Waals surface area contributed by atoms with Crippen molar-refractivity contribution in [2.24, 2.45) is 0 Å². The fourth-order valence-corrected chi connectivity index (χ4v) is 3.58. The summed E-state index contributed by atoms with van der Waals surface area (Å²) in [5, 5.41) is 10.4. The molecular formula is C18H17NOS. The van der Waals surface area contributed by atoms with Crippen molar-refractivity contribution in [2.75, 3.05) is 0 Å². The van der Waals surface area contributed by atoms with E-state index in [-0.39, 0.29) is 12.5 Å². The Morgan fingerprint density at radius 1 is 0.952 bits per heavy atom. The largest absolute Gasteiger partial charge is 0.390 e. The zero-order valence-corrected chi connectivity index (χ0v) is 12.7. The van der Waals surface area contributed by atoms with Gasteiger partial charge in [-0.2, -0.15) is 0 Å². The maximum Gasteiger partial charge on any atom is 0.105 e. The summed E-state index contributed by atoms with van der Waals surface area (Å²) in [5.74, 6) is 0.122. The van der Waals surface area contributed by atoms with Crippen molar-refractivity contribution >= 4 is 11.3 Å². The van der Waals surface area contributed by atoms with E-state index in [1.807, 2.05) is 19.1 Å². The van der Waals surface area contributed by atoms with Crippen LogP contribution in [0.3, 0.4) is 0 Å². The summed E-state index contributed by atoms with van der Waals surface area (Å²) < 4.78 is 0. The lowest BCUT2D eigenvalue weighted by Crippen LogP contribution is -2.03. The molecule has 0 fully saturated rings. The molecule has 0 bridgehead atoms. The van der Waals surface area contributed by atoms with Crippen LogP contribution in [0, 0.1) is 6.92 Å². The predicted molar refractivity (Wildman–Crippen MR) is 86.6 cm³/mol. The molecule has 0 saturated carbocycles. The molecule has 0 radical (unpaired) electrons. The van der Waals surface area contributed by atoms with Gasteiger partial charge in [-0.15, -0.1) is 11.3 Å². The number of aromatic nitrogens is 1. The Labute approximate surface area is 128 Å². The second-order valence-corrected chi connectivity index (χ2v) is 6.20. The number of hydrogen-bond acceptors (Lipinski definition) is 3. The number of benzene rings is 2. The molecular weight excluding hydrogens is 278 g/mol. The lowest BCUT2D eigenvalue weighted by atomic mass is 9.92. The maximum absolute atomic E-state index is 9.40. The van der Waals surface area contributed by atoms with Crippen molar-refractivity contribution in [1.29, 1.82) is 0 Å². The van der Waals surface area contributed by atoms with Crippen LogP contribution >= 0.6 is 11.3 Å². The van der Waals surface area contributed by atoms with Crippen molar-refractivity contribution in [3.8, 4) is 0 Å². The monoisotopic (exact) mass is 295 g/mol. The molecule has 0 saturated heterocycles. The zero-order chi connectivity index (χ0) is 14.7. The summed E-state index contributed by atoms with van der Waals surface area (Å²) in [6.07, 6.45) is 0. The first-order valence-electron chi connectivity index (χ1n) is 6.96. The highest BCUT2D eigenvalue weighted by atomic mass is 32.1. The fourth-order valence-electron chi connectivity index (χ4n) is 2.49. The fraction of sp³-hybridized carbons (Fsp3) is 0.167. The number of hydrogen-bond donors (Lipinski definition) is 1. The van der Waals surface area contributed by atoms with E-state index in [1.165, 1.54) is 11.1 Å². The van der Waals surface area contributed by atoms with E-state index < -0.39 is 0 Å². The molecule has 1 aromatic heterocycles. The maximum atomic E-state index is 9.40. The van der Waals surface area contributed by atoms with Crippen LogP contribution in [0.15, 0.2) is 60.7 Å². The molecule has 1 heterocycles. The molecule has 0 amide bonds. The summed E-state index contributed by atoms with van der Waals surface area (Å²) in [4.78, 5) is 5.74. The van der Waals surface area contributed by atoms with Gasteiger partial charge in [0, 0.05) is 4.88 Å². The number of rotatable bonds is 4. The van der Waals surface area contributed by atoms with E-state index in [2.05, 4.69) is 53.5 Å². The number of thiazole rings is 1. The molecule has 0 aliphatic heterocycles. The first kappa shape index (κ1) is 14.0. The van der Waals surface area contributed by atoms with Gasteiger partial charge in [-0.1, -0.05) is 60.7 Å². The molecule has 3 aromatic rings. The number of aliphatic hydroxyl groups excluding tert-OH is 1. The quantitative estimate of drug-likeness (QED) is 0.785. The van der Waals surface area contributed by atoms with Crippen LogP contribution in [0.1, 0.15) is 32.6 Å². The van der Waals surface area contributed by atoms with E-state index in [4.69, 9.17) is 0 Å². The van der Waals surface area contributed by atoms with Crippen LogP contribution < -0.4 is 0 Å². The second kappa shape index (κ2) is 6.20. The standard InChI is InChI=1S/C18H17NOS/c1-13-16(12-20)19-18(21-13)17(14-8-4-2-5-9-14)15-10-6-3-7-11-15/h2-11,17,20H,12H2,1H3. The summed E-state index contributed by atoms with van der Waals surface area (Å²) >= 11 is 1.67. The SMILES string of the molecule is Cc1sc(C(c2ccccc2)c2ccccc2)nc1CO. The van der Waals surface area contributed by atoms with Gasteiger partial charge in [-0.25, -0.2) is 4.98 Å². The van der Waals surface area contributed by atoms with Crippen LogP contribution in [0.2, 0.25) is 0 Å². The smallest absolute Gasteiger partial charge is 0.105 e. The minimum Gasteiger partial charge on any atom is -0.390 e. The number of aryl methyl sites for hydroxylation is 1. The highest BCUT2D eigenvalue weighted by Crippen LogP contribution is 2.35. The van der Waals surface area contributed by atoms with E-state index in [0.717, 1.165) is 15.6 Å². The minimum atomic E-state index is -0.00136. The summed E-state index contributed by atoms with van der Waals surface area (Å²) in [7, 11) is 0. The Morgan fingerprint density at radius 2 is 1.48 bits per heavy atom. The summed E-state index contributed by atoms with van der Waals surface area (Å²) in [6.45, 7) is 2.01. The normalized spacial score (nSPS) is 11.0. The molecule has 21 heavy (non-hydrogen) atoms. The lowest BCUT2D eigenvalue weighted by Gasteiger charge is -2.15. The first-order valence-corrected chi connectivity index (χ1v) is 7.78.